The third kappa shape index (κ3) is 5.24. The fourth-order valence-corrected chi connectivity index (χ4v) is 3.42. The summed E-state index contributed by atoms with van der Waals surface area (Å²) in [5.41, 5.74) is 2.77. The fraction of sp³-hybridized carbons (Fsp3) is 0.167. The van der Waals surface area contributed by atoms with Crippen LogP contribution < -0.4 is 14.8 Å². The molecule has 0 aliphatic carbocycles. The monoisotopic (exact) mass is 482 g/mol. The van der Waals surface area contributed by atoms with Crippen LogP contribution in [0.2, 0.25) is 0 Å². The van der Waals surface area contributed by atoms with Crippen LogP contribution in [0, 0.1) is 0 Å². The van der Waals surface area contributed by atoms with Crippen molar-refractivity contribution in [3.05, 3.63) is 88.6 Å². The molecular formula is C24H23BrN2O4. The van der Waals surface area contributed by atoms with Crippen molar-refractivity contribution in [2.45, 2.75) is 13.0 Å². The van der Waals surface area contributed by atoms with E-state index < -0.39 is 11.9 Å². The standard InChI is InChI=1S/C24H23BrN2O4/c1-4-6-18-12-17(13-20-23(28)27(11-5-2)24(29)26-20)14-21(30-3)22(18)31-15-16-7-9-19(25)10-8-16/h4-5,7-10,12-14H,1-2,6,11,15H2,3H3,(H,26,29)/b20-13+. The molecule has 0 atom stereocenters. The topological polar surface area (TPSA) is 67.9 Å². The summed E-state index contributed by atoms with van der Waals surface area (Å²) in [6.07, 6.45) is 5.44. The lowest BCUT2D eigenvalue weighted by molar-refractivity contribution is -0.122. The summed E-state index contributed by atoms with van der Waals surface area (Å²) in [5, 5.41) is 2.60. The van der Waals surface area contributed by atoms with E-state index in [1.807, 2.05) is 30.3 Å². The highest BCUT2D eigenvalue weighted by Crippen LogP contribution is 2.35. The molecule has 0 saturated carbocycles. The smallest absolute Gasteiger partial charge is 0.329 e. The maximum atomic E-state index is 12.5. The minimum absolute atomic E-state index is 0.149. The first-order valence-corrected chi connectivity index (χ1v) is 10.4. The number of nitrogens with zero attached hydrogens (tertiary/aromatic N) is 1. The van der Waals surface area contributed by atoms with E-state index in [1.54, 1.807) is 25.3 Å². The quantitative estimate of drug-likeness (QED) is 0.315. The van der Waals surface area contributed by atoms with Crippen LogP contribution in [0.5, 0.6) is 11.5 Å². The Balaban J connectivity index is 1.91. The summed E-state index contributed by atoms with van der Waals surface area (Å²) in [7, 11) is 1.56. The number of allylic oxidation sites excluding steroid dienone is 1. The van der Waals surface area contributed by atoms with Gasteiger partial charge in [-0.2, -0.15) is 0 Å². The zero-order valence-corrected chi connectivity index (χ0v) is 18.8. The summed E-state index contributed by atoms with van der Waals surface area (Å²) in [6.45, 7) is 7.92. The van der Waals surface area contributed by atoms with Gasteiger partial charge < -0.3 is 14.8 Å². The second-order valence-corrected chi connectivity index (χ2v) is 7.73. The number of rotatable bonds is 9. The van der Waals surface area contributed by atoms with Gasteiger partial charge in [-0.3, -0.25) is 9.69 Å². The number of amides is 3. The van der Waals surface area contributed by atoms with E-state index in [0.717, 1.165) is 20.5 Å². The number of carbonyl (C=O) groups excluding carboxylic acids is 2. The number of benzene rings is 2. The first kappa shape index (κ1) is 22.4. The van der Waals surface area contributed by atoms with E-state index >= 15 is 0 Å². The first-order valence-electron chi connectivity index (χ1n) is 9.61. The summed E-state index contributed by atoms with van der Waals surface area (Å²) in [4.78, 5) is 25.6. The normalized spacial score (nSPS) is 14.5. The zero-order valence-electron chi connectivity index (χ0n) is 17.2. The van der Waals surface area contributed by atoms with Crippen LogP contribution in [0.1, 0.15) is 16.7 Å². The van der Waals surface area contributed by atoms with E-state index in [0.29, 0.717) is 30.1 Å². The number of halogens is 1. The van der Waals surface area contributed by atoms with Crippen LogP contribution in [-0.4, -0.2) is 30.5 Å². The van der Waals surface area contributed by atoms with Crippen molar-refractivity contribution in [3.8, 4) is 11.5 Å². The van der Waals surface area contributed by atoms with Gasteiger partial charge in [-0.05, 0) is 47.9 Å². The Morgan fingerprint density at radius 3 is 2.52 bits per heavy atom. The average molecular weight is 483 g/mol. The summed E-state index contributed by atoms with van der Waals surface area (Å²) < 4.78 is 12.6. The number of hydrogen-bond acceptors (Lipinski definition) is 4. The molecule has 2 aromatic carbocycles. The highest BCUT2D eigenvalue weighted by molar-refractivity contribution is 9.10. The van der Waals surface area contributed by atoms with Gasteiger partial charge in [0.05, 0.1) is 7.11 Å². The molecule has 7 heteroatoms. The minimum Gasteiger partial charge on any atom is -0.493 e. The Morgan fingerprint density at radius 2 is 1.87 bits per heavy atom. The van der Waals surface area contributed by atoms with Gasteiger partial charge in [0.25, 0.3) is 5.91 Å². The molecule has 31 heavy (non-hydrogen) atoms. The Kier molecular flexibility index (Phi) is 7.31. The van der Waals surface area contributed by atoms with Gasteiger partial charge in [0.1, 0.15) is 12.3 Å². The van der Waals surface area contributed by atoms with Gasteiger partial charge in [0, 0.05) is 16.6 Å². The lowest BCUT2D eigenvalue weighted by Crippen LogP contribution is -2.30. The summed E-state index contributed by atoms with van der Waals surface area (Å²) in [6, 6.07) is 11.1. The van der Waals surface area contributed by atoms with Crippen LogP contribution in [0.25, 0.3) is 6.08 Å². The third-order valence-electron chi connectivity index (χ3n) is 4.62. The number of nitrogens with one attached hydrogen (secondary N) is 1. The molecule has 0 unspecified atom stereocenters. The van der Waals surface area contributed by atoms with Gasteiger partial charge in [-0.15, -0.1) is 13.2 Å². The van der Waals surface area contributed by atoms with E-state index in [-0.39, 0.29) is 12.2 Å². The molecule has 0 aromatic heterocycles. The number of carbonyl (C=O) groups is 2. The predicted octanol–water partition coefficient (Wildman–Crippen LogP) is 4.84. The predicted molar refractivity (Wildman–Crippen MR) is 124 cm³/mol. The van der Waals surface area contributed by atoms with Crippen LogP contribution in [0.4, 0.5) is 4.79 Å². The number of imide groups is 1. The number of urea groups is 1. The largest absolute Gasteiger partial charge is 0.493 e. The fourth-order valence-electron chi connectivity index (χ4n) is 3.16. The molecule has 0 radical (unpaired) electrons. The Morgan fingerprint density at radius 1 is 1.13 bits per heavy atom. The molecule has 1 N–H and O–H groups in total. The first-order chi connectivity index (χ1) is 15.0. The molecular weight excluding hydrogens is 460 g/mol. The summed E-state index contributed by atoms with van der Waals surface area (Å²) >= 11 is 3.43. The van der Waals surface area contributed by atoms with Crippen LogP contribution in [-0.2, 0) is 17.8 Å². The Hall–Kier alpha value is -3.32. The molecule has 1 aliphatic rings. The van der Waals surface area contributed by atoms with Crippen molar-refractivity contribution in [1.82, 2.24) is 10.2 Å². The molecule has 1 heterocycles. The molecule has 0 bridgehead atoms. The molecule has 1 fully saturated rings. The van der Waals surface area contributed by atoms with Crippen molar-refractivity contribution in [2.75, 3.05) is 13.7 Å². The number of methoxy groups -OCH3 is 1. The molecule has 6 nitrogen and oxygen atoms in total. The van der Waals surface area contributed by atoms with Crippen molar-refractivity contribution in [1.29, 1.82) is 0 Å². The second-order valence-electron chi connectivity index (χ2n) is 6.81. The Labute approximate surface area is 190 Å². The highest BCUT2D eigenvalue weighted by Gasteiger charge is 2.32. The molecule has 0 spiro atoms. The maximum absolute atomic E-state index is 12.5. The Bertz CT molecular complexity index is 1040. The van der Waals surface area contributed by atoms with Crippen molar-refractivity contribution in [2.24, 2.45) is 0 Å². The van der Waals surface area contributed by atoms with Crippen LogP contribution >= 0.6 is 15.9 Å². The second kappa shape index (κ2) is 10.1. The van der Waals surface area contributed by atoms with Gasteiger partial charge >= 0.3 is 6.03 Å². The van der Waals surface area contributed by atoms with Gasteiger partial charge in [0.2, 0.25) is 0 Å². The van der Waals surface area contributed by atoms with Crippen molar-refractivity contribution < 1.29 is 19.1 Å². The zero-order chi connectivity index (χ0) is 22.4. The maximum Gasteiger partial charge on any atom is 0.329 e. The highest BCUT2D eigenvalue weighted by atomic mass is 79.9. The lowest BCUT2D eigenvalue weighted by Gasteiger charge is -2.16. The summed E-state index contributed by atoms with van der Waals surface area (Å²) in [5.74, 6) is 0.746. The third-order valence-corrected chi connectivity index (χ3v) is 5.15. The average Bonchev–Trinajstić information content (AvgIpc) is 3.01. The minimum atomic E-state index is -0.469. The number of hydrogen-bond donors (Lipinski definition) is 1. The van der Waals surface area contributed by atoms with E-state index in [4.69, 9.17) is 9.47 Å². The molecule has 2 aromatic rings. The van der Waals surface area contributed by atoms with E-state index in [1.165, 1.54) is 6.08 Å². The van der Waals surface area contributed by atoms with Crippen LogP contribution in [0.15, 0.2) is 71.9 Å². The van der Waals surface area contributed by atoms with Gasteiger partial charge in [0.15, 0.2) is 11.5 Å². The molecule has 160 valence electrons. The molecule has 1 saturated heterocycles. The molecule has 1 aliphatic heterocycles. The molecule has 3 amide bonds. The van der Waals surface area contributed by atoms with E-state index in [9.17, 15) is 9.59 Å². The number of ether oxygens (including phenoxy) is 2. The SMILES string of the molecule is C=CCc1cc(/C=C2/NC(=O)N(CC=C)C2=O)cc(OC)c1OCc1ccc(Br)cc1. The van der Waals surface area contributed by atoms with Crippen molar-refractivity contribution in [3.63, 3.8) is 0 Å². The lowest BCUT2D eigenvalue weighted by atomic mass is 10.0. The molecule has 3 rings (SSSR count). The van der Waals surface area contributed by atoms with E-state index in [2.05, 4.69) is 34.4 Å². The van der Waals surface area contributed by atoms with Gasteiger partial charge in [-0.25, -0.2) is 4.79 Å². The van der Waals surface area contributed by atoms with Crippen LogP contribution in [0.3, 0.4) is 0 Å². The van der Waals surface area contributed by atoms with Gasteiger partial charge in [-0.1, -0.05) is 40.2 Å². The van der Waals surface area contributed by atoms with Crippen molar-refractivity contribution >= 4 is 33.9 Å².